The Balaban J connectivity index is 2.45. The molecule has 0 spiro atoms. The highest BCUT2D eigenvalue weighted by Crippen LogP contribution is 2.11. The Morgan fingerprint density at radius 2 is 1.68 bits per heavy atom. The molecule has 2 amide bonds. The lowest BCUT2D eigenvalue weighted by atomic mass is 9.98. The van der Waals surface area contributed by atoms with E-state index < -0.39 is 6.04 Å². The van der Waals surface area contributed by atoms with Crippen molar-refractivity contribution in [1.82, 2.24) is 9.80 Å². The van der Waals surface area contributed by atoms with Gasteiger partial charge in [-0.15, -0.1) is 0 Å². The van der Waals surface area contributed by atoms with Crippen molar-refractivity contribution in [3.63, 3.8) is 0 Å². The molecule has 1 fully saturated rings. The maximum absolute atomic E-state index is 12.2. The van der Waals surface area contributed by atoms with Crippen molar-refractivity contribution < 1.29 is 14.3 Å². The Morgan fingerprint density at radius 1 is 1.16 bits per heavy atom. The third-order valence-electron chi connectivity index (χ3n) is 3.66. The van der Waals surface area contributed by atoms with E-state index in [9.17, 15) is 9.59 Å². The number of rotatable bonds is 4. The molecule has 0 bridgehead atoms. The van der Waals surface area contributed by atoms with E-state index in [0.717, 1.165) is 6.42 Å². The number of carbonyl (C=O) groups is 2. The summed E-state index contributed by atoms with van der Waals surface area (Å²) < 4.78 is 4.94. The van der Waals surface area contributed by atoms with Crippen LogP contribution in [0.15, 0.2) is 0 Å². The van der Waals surface area contributed by atoms with Gasteiger partial charge in [-0.2, -0.15) is 0 Å². The fourth-order valence-electron chi connectivity index (χ4n) is 2.03. The van der Waals surface area contributed by atoms with Gasteiger partial charge in [0.2, 0.25) is 5.91 Å². The lowest BCUT2D eigenvalue weighted by molar-refractivity contribution is -0.135. The van der Waals surface area contributed by atoms with Crippen LogP contribution in [0.3, 0.4) is 0 Å². The van der Waals surface area contributed by atoms with Gasteiger partial charge < -0.3 is 20.3 Å². The summed E-state index contributed by atoms with van der Waals surface area (Å²) in [5.74, 6) is 0.161. The van der Waals surface area contributed by atoms with E-state index in [0.29, 0.717) is 32.8 Å². The molecule has 0 radical (unpaired) electrons. The maximum Gasteiger partial charge on any atom is 0.409 e. The first-order chi connectivity index (χ1) is 9.01. The summed E-state index contributed by atoms with van der Waals surface area (Å²) >= 11 is 0. The Kier molecular flexibility index (Phi) is 6.08. The van der Waals surface area contributed by atoms with Gasteiger partial charge in [-0.3, -0.25) is 4.79 Å². The second-order valence-corrected chi connectivity index (χ2v) is 4.92. The lowest BCUT2D eigenvalue weighted by Crippen LogP contribution is -2.55. The van der Waals surface area contributed by atoms with Gasteiger partial charge in [0, 0.05) is 26.2 Å². The summed E-state index contributed by atoms with van der Waals surface area (Å²) in [7, 11) is 0. The van der Waals surface area contributed by atoms with Crippen molar-refractivity contribution in [2.75, 3.05) is 32.8 Å². The molecule has 6 heteroatoms. The number of nitrogens with zero attached hydrogens (tertiary/aromatic N) is 2. The first kappa shape index (κ1) is 15.8. The molecular weight excluding hydrogens is 246 g/mol. The fraction of sp³-hybridized carbons (Fsp3) is 0.846. The summed E-state index contributed by atoms with van der Waals surface area (Å²) in [5, 5.41) is 0. The molecule has 1 rings (SSSR count). The monoisotopic (exact) mass is 271 g/mol. The number of hydrogen-bond acceptors (Lipinski definition) is 4. The van der Waals surface area contributed by atoms with E-state index >= 15 is 0 Å². The minimum Gasteiger partial charge on any atom is -0.450 e. The Labute approximate surface area is 114 Å². The minimum absolute atomic E-state index is 0.0159. The van der Waals surface area contributed by atoms with E-state index in [4.69, 9.17) is 10.5 Å². The molecule has 6 nitrogen and oxygen atoms in total. The number of piperazine rings is 1. The minimum atomic E-state index is -0.445. The zero-order chi connectivity index (χ0) is 14.4. The summed E-state index contributed by atoms with van der Waals surface area (Å²) in [6, 6.07) is -0.445. The van der Waals surface area contributed by atoms with E-state index in [2.05, 4.69) is 0 Å². The summed E-state index contributed by atoms with van der Waals surface area (Å²) in [4.78, 5) is 27.1. The van der Waals surface area contributed by atoms with Crippen LogP contribution in [0.1, 0.15) is 27.2 Å². The molecule has 1 heterocycles. The third kappa shape index (κ3) is 4.09. The van der Waals surface area contributed by atoms with Crippen LogP contribution in [0.2, 0.25) is 0 Å². The predicted octanol–water partition coefficient (Wildman–Crippen LogP) is 0.661. The van der Waals surface area contributed by atoms with Crippen LogP contribution in [0.4, 0.5) is 4.79 Å². The highest BCUT2D eigenvalue weighted by Gasteiger charge is 2.29. The van der Waals surface area contributed by atoms with Crippen LogP contribution < -0.4 is 5.73 Å². The standard InChI is InChI=1S/C13H25N3O3/c1-4-10(3)11(14)12(17)15-6-8-16(9-7-15)13(18)19-5-2/h10-11H,4-9,14H2,1-3H3. The van der Waals surface area contributed by atoms with Crippen molar-refractivity contribution in [2.45, 2.75) is 33.2 Å². The first-order valence-electron chi connectivity index (χ1n) is 6.97. The van der Waals surface area contributed by atoms with E-state index in [1.54, 1.807) is 16.7 Å². The molecule has 2 atom stereocenters. The molecule has 1 saturated heterocycles. The molecule has 2 unspecified atom stereocenters. The first-order valence-corrected chi connectivity index (χ1v) is 6.97. The number of nitrogens with two attached hydrogens (primary N) is 1. The molecule has 1 aliphatic heterocycles. The second-order valence-electron chi connectivity index (χ2n) is 4.92. The molecule has 0 aromatic rings. The zero-order valence-corrected chi connectivity index (χ0v) is 12.1. The highest BCUT2D eigenvalue weighted by molar-refractivity contribution is 5.82. The summed E-state index contributed by atoms with van der Waals surface area (Å²) in [5.41, 5.74) is 5.95. The quantitative estimate of drug-likeness (QED) is 0.815. The number of carbonyl (C=O) groups excluding carboxylic acids is 2. The zero-order valence-electron chi connectivity index (χ0n) is 12.1. The van der Waals surface area contributed by atoms with Crippen molar-refractivity contribution in [1.29, 1.82) is 0 Å². The van der Waals surface area contributed by atoms with Gasteiger partial charge in [-0.25, -0.2) is 4.79 Å². The van der Waals surface area contributed by atoms with Crippen LogP contribution in [0, 0.1) is 5.92 Å². The van der Waals surface area contributed by atoms with Gasteiger partial charge in [-0.1, -0.05) is 20.3 Å². The molecule has 0 aliphatic carbocycles. The van der Waals surface area contributed by atoms with Gasteiger partial charge in [0.05, 0.1) is 12.6 Å². The summed E-state index contributed by atoms with van der Waals surface area (Å²) in [6.45, 7) is 8.24. The molecule has 0 saturated carbocycles. The molecule has 0 aromatic heterocycles. The van der Waals surface area contributed by atoms with Crippen LogP contribution in [-0.4, -0.2) is 60.6 Å². The summed E-state index contributed by atoms with van der Waals surface area (Å²) in [6.07, 6.45) is 0.580. The van der Waals surface area contributed by atoms with E-state index in [1.807, 2.05) is 13.8 Å². The third-order valence-corrected chi connectivity index (χ3v) is 3.66. The largest absolute Gasteiger partial charge is 0.450 e. The molecule has 19 heavy (non-hydrogen) atoms. The topological polar surface area (TPSA) is 75.9 Å². The average molecular weight is 271 g/mol. The molecular formula is C13H25N3O3. The molecule has 1 aliphatic rings. The average Bonchev–Trinajstić information content (AvgIpc) is 2.45. The van der Waals surface area contributed by atoms with Crippen molar-refractivity contribution >= 4 is 12.0 Å². The highest BCUT2D eigenvalue weighted by atomic mass is 16.6. The SMILES string of the molecule is CCOC(=O)N1CCN(C(=O)C(N)C(C)CC)CC1. The molecule has 110 valence electrons. The van der Waals surface area contributed by atoms with Gasteiger partial charge >= 0.3 is 6.09 Å². The van der Waals surface area contributed by atoms with E-state index in [1.165, 1.54) is 0 Å². The van der Waals surface area contributed by atoms with Crippen LogP contribution >= 0.6 is 0 Å². The van der Waals surface area contributed by atoms with Crippen molar-refractivity contribution in [3.8, 4) is 0 Å². The van der Waals surface area contributed by atoms with Gasteiger partial charge in [0.25, 0.3) is 0 Å². The van der Waals surface area contributed by atoms with Crippen molar-refractivity contribution in [2.24, 2.45) is 11.7 Å². The van der Waals surface area contributed by atoms with Crippen molar-refractivity contribution in [3.05, 3.63) is 0 Å². The fourth-order valence-corrected chi connectivity index (χ4v) is 2.03. The van der Waals surface area contributed by atoms with Gasteiger partial charge in [-0.05, 0) is 12.8 Å². The lowest BCUT2D eigenvalue weighted by Gasteiger charge is -2.36. The van der Waals surface area contributed by atoms with Gasteiger partial charge in [0.1, 0.15) is 0 Å². The molecule has 2 N–H and O–H groups in total. The smallest absolute Gasteiger partial charge is 0.409 e. The van der Waals surface area contributed by atoms with Gasteiger partial charge in [0.15, 0.2) is 0 Å². The Bertz CT molecular complexity index is 314. The maximum atomic E-state index is 12.2. The Morgan fingerprint density at radius 3 is 2.16 bits per heavy atom. The molecule has 0 aromatic carbocycles. The van der Waals surface area contributed by atoms with E-state index in [-0.39, 0.29) is 17.9 Å². The number of amides is 2. The second kappa shape index (κ2) is 7.33. The number of ether oxygens (including phenoxy) is 1. The predicted molar refractivity (Wildman–Crippen MR) is 72.6 cm³/mol. The normalized spacial score (nSPS) is 18.9. The van der Waals surface area contributed by atoms with Crippen LogP contribution in [-0.2, 0) is 9.53 Å². The van der Waals surface area contributed by atoms with Crippen LogP contribution in [0.25, 0.3) is 0 Å². The Hall–Kier alpha value is -1.30. The van der Waals surface area contributed by atoms with Crippen LogP contribution in [0.5, 0.6) is 0 Å². The number of hydrogen-bond donors (Lipinski definition) is 1.